The van der Waals surface area contributed by atoms with Gasteiger partial charge < -0.3 is 4.74 Å². The Morgan fingerprint density at radius 2 is 1.81 bits per heavy atom. The van der Waals surface area contributed by atoms with Crippen LogP contribution < -0.4 is 9.46 Å². The largest absolute Gasteiger partial charge is 0.573 e. The Morgan fingerprint density at radius 1 is 1.15 bits per heavy atom. The van der Waals surface area contributed by atoms with Crippen LogP contribution in [0.25, 0.3) is 10.6 Å². The molecule has 0 bridgehead atoms. The maximum atomic E-state index is 12.7. The number of hydrogen-bond acceptors (Lipinski definition) is 6. The van der Waals surface area contributed by atoms with Gasteiger partial charge in [-0.2, -0.15) is 0 Å². The summed E-state index contributed by atoms with van der Waals surface area (Å²) in [6.45, 7) is 3.54. The van der Waals surface area contributed by atoms with Crippen LogP contribution in [0.2, 0.25) is 0 Å². The van der Waals surface area contributed by atoms with Crippen LogP contribution in [0, 0.1) is 13.8 Å². The first-order valence-electron chi connectivity index (χ1n) is 7.45. The van der Waals surface area contributed by atoms with Gasteiger partial charge in [-0.1, -0.05) is 0 Å². The number of rotatable bonds is 5. The van der Waals surface area contributed by atoms with E-state index in [1.54, 1.807) is 6.92 Å². The third-order valence-corrected chi connectivity index (χ3v) is 6.86. The summed E-state index contributed by atoms with van der Waals surface area (Å²) in [4.78, 5) is 5.76. The van der Waals surface area contributed by atoms with Crippen LogP contribution in [0.5, 0.6) is 5.75 Å². The normalized spacial score (nSPS) is 12.2. The van der Waals surface area contributed by atoms with Crippen molar-refractivity contribution in [2.24, 2.45) is 0 Å². The number of nitrogens with zero attached hydrogens (tertiary/aromatic N) is 1. The van der Waals surface area contributed by atoms with Crippen molar-refractivity contribution in [3.63, 3.8) is 0 Å². The third kappa shape index (κ3) is 4.79. The lowest BCUT2D eigenvalue weighted by atomic mass is 10.3. The molecule has 11 heteroatoms. The Balaban J connectivity index is 1.82. The molecule has 0 fully saturated rings. The zero-order chi connectivity index (χ0) is 19.8. The number of ether oxygens (including phenoxy) is 1. The summed E-state index contributed by atoms with van der Waals surface area (Å²) in [6, 6.07) is 6.01. The Labute approximate surface area is 161 Å². The van der Waals surface area contributed by atoms with E-state index in [-0.39, 0.29) is 10.6 Å². The average molecular weight is 434 g/mol. The molecule has 27 heavy (non-hydrogen) atoms. The summed E-state index contributed by atoms with van der Waals surface area (Å²) in [7, 11) is -3.90. The topological polar surface area (TPSA) is 68.3 Å². The third-order valence-electron chi connectivity index (χ3n) is 3.37. The summed E-state index contributed by atoms with van der Waals surface area (Å²) >= 11 is 2.78. The molecule has 2 aromatic heterocycles. The monoisotopic (exact) mass is 434 g/mol. The lowest BCUT2D eigenvalue weighted by molar-refractivity contribution is -0.274. The van der Waals surface area contributed by atoms with Crippen molar-refractivity contribution in [2.45, 2.75) is 25.1 Å². The lowest BCUT2D eigenvalue weighted by Gasteiger charge is -2.10. The summed E-state index contributed by atoms with van der Waals surface area (Å²) in [6.07, 6.45) is -4.81. The first-order chi connectivity index (χ1) is 12.5. The van der Waals surface area contributed by atoms with Gasteiger partial charge in [-0.05, 0) is 44.2 Å². The zero-order valence-corrected chi connectivity index (χ0v) is 16.4. The highest BCUT2D eigenvalue weighted by atomic mass is 32.2. The number of anilines is 1. The molecule has 0 atom stereocenters. The minimum atomic E-state index is -4.81. The van der Waals surface area contributed by atoms with Gasteiger partial charge in [0.2, 0.25) is 0 Å². The average Bonchev–Trinajstić information content (AvgIpc) is 3.14. The smallest absolute Gasteiger partial charge is 0.406 e. The van der Waals surface area contributed by atoms with E-state index in [2.05, 4.69) is 14.4 Å². The standard InChI is InChI=1S/C16H13F3N2O3S3/c1-9-15(7-14(26-9)13-8-25-10(2)20-13)27(22,23)21-11-3-5-12(6-4-11)24-16(17,18)19/h3-8,21H,1-2H3. The Morgan fingerprint density at radius 3 is 2.37 bits per heavy atom. The van der Waals surface area contributed by atoms with Crippen LogP contribution >= 0.6 is 22.7 Å². The minimum Gasteiger partial charge on any atom is -0.406 e. The number of hydrogen-bond donors (Lipinski definition) is 1. The van der Waals surface area contributed by atoms with Crippen molar-refractivity contribution in [2.75, 3.05) is 4.72 Å². The quantitative estimate of drug-likeness (QED) is 0.600. The molecule has 144 valence electrons. The summed E-state index contributed by atoms with van der Waals surface area (Å²) < 4.78 is 68.0. The number of alkyl halides is 3. The molecule has 1 aromatic carbocycles. The number of benzene rings is 1. The summed E-state index contributed by atoms with van der Waals surface area (Å²) in [5, 5.41) is 2.73. The molecular weight excluding hydrogens is 421 g/mol. The first kappa shape index (κ1) is 19.6. The minimum absolute atomic E-state index is 0.101. The fourth-order valence-electron chi connectivity index (χ4n) is 2.27. The molecular formula is C16H13F3N2O3S3. The van der Waals surface area contributed by atoms with Gasteiger partial charge in [0, 0.05) is 15.9 Å². The molecule has 0 saturated carbocycles. The number of sulfonamides is 1. The van der Waals surface area contributed by atoms with E-state index in [1.165, 1.54) is 40.9 Å². The maximum Gasteiger partial charge on any atom is 0.573 e. The van der Waals surface area contributed by atoms with Gasteiger partial charge in [-0.25, -0.2) is 13.4 Å². The van der Waals surface area contributed by atoms with E-state index in [0.717, 1.165) is 22.0 Å². The van der Waals surface area contributed by atoms with Gasteiger partial charge in [0.25, 0.3) is 10.0 Å². The molecule has 0 aliphatic carbocycles. The Hall–Kier alpha value is -2.11. The van der Waals surface area contributed by atoms with E-state index in [9.17, 15) is 21.6 Å². The Kier molecular flexibility index (Phi) is 5.19. The fourth-order valence-corrected chi connectivity index (χ4v) is 5.57. The van der Waals surface area contributed by atoms with Gasteiger partial charge in [-0.3, -0.25) is 4.72 Å². The van der Waals surface area contributed by atoms with Crippen LogP contribution in [-0.2, 0) is 10.0 Å². The molecule has 1 N–H and O–H groups in total. The predicted molar refractivity (Wildman–Crippen MR) is 98.8 cm³/mol. The molecule has 2 heterocycles. The molecule has 0 saturated heterocycles. The molecule has 0 spiro atoms. The molecule has 0 unspecified atom stereocenters. The van der Waals surface area contributed by atoms with Crippen molar-refractivity contribution >= 4 is 38.4 Å². The number of thiophene rings is 1. The highest BCUT2D eigenvalue weighted by Crippen LogP contribution is 2.35. The number of aryl methyl sites for hydroxylation is 2. The van der Waals surface area contributed by atoms with Gasteiger partial charge in [0.05, 0.1) is 15.6 Å². The SMILES string of the molecule is Cc1nc(-c2cc(S(=O)(=O)Nc3ccc(OC(F)(F)F)cc3)c(C)s2)cs1. The van der Waals surface area contributed by atoms with Crippen molar-refractivity contribution < 1.29 is 26.3 Å². The number of halogens is 3. The van der Waals surface area contributed by atoms with Crippen LogP contribution in [0.3, 0.4) is 0 Å². The molecule has 0 aliphatic heterocycles. The first-order valence-corrected chi connectivity index (χ1v) is 10.6. The van der Waals surface area contributed by atoms with Crippen molar-refractivity contribution in [3.8, 4) is 16.3 Å². The second-order valence-electron chi connectivity index (χ2n) is 5.46. The maximum absolute atomic E-state index is 12.7. The molecule has 0 amide bonds. The van der Waals surface area contributed by atoms with Crippen LogP contribution in [0.4, 0.5) is 18.9 Å². The fraction of sp³-hybridized carbons (Fsp3) is 0.188. The molecule has 0 aliphatic rings. The molecule has 0 radical (unpaired) electrons. The van der Waals surface area contributed by atoms with Crippen molar-refractivity contribution in [3.05, 3.63) is 45.6 Å². The molecule has 3 aromatic rings. The number of nitrogens with one attached hydrogen (secondary N) is 1. The Bertz CT molecular complexity index is 1050. The van der Waals surface area contributed by atoms with E-state index in [0.29, 0.717) is 10.6 Å². The van der Waals surface area contributed by atoms with E-state index in [4.69, 9.17) is 0 Å². The zero-order valence-electron chi connectivity index (χ0n) is 14.0. The van der Waals surface area contributed by atoms with Crippen molar-refractivity contribution in [1.82, 2.24) is 4.98 Å². The molecule has 3 rings (SSSR count). The number of thiazole rings is 1. The van der Waals surface area contributed by atoms with Gasteiger partial charge in [0.15, 0.2) is 0 Å². The van der Waals surface area contributed by atoms with Gasteiger partial charge >= 0.3 is 6.36 Å². The van der Waals surface area contributed by atoms with Crippen molar-refractivity contribution in [1.29, 1.82) is 0 Å². The van der Waals surface area contributed by atoms with E-state index < -0.39 is 22.1 Å². The van der Waals surface area contributed by atoms with Gasteiger partial charge in [0.1, 0.15) is 10.6 Å². The van der Waals surface area contributed by atoms with E-state index >= 15 is 0 Å². The van der Waals surface area contributed by atoms with Crippen LogP contribution in [0.1, 0.15) is 9.88 Å². The van der Waals surface area contributed by atoms with E-state index in [1.807, 2.05) is 12.3 Å². The highest BCUT2D eigenvalue weighted by Gasteiger charge is 2.31. The van der Waals surface area contributed by atoms with Crippen LogP contribution in [0.15, 0.2) is 40.6 Å². The van der Waals surface area contributed by atoms with Gasteiger partial charge in [-0.15, -0.1) is 35.8 Å². The van der Waals surface area contributed by atoms with Crippen LogP contribution in [-0.4, -0.2) is 19.8 Å². The second-order valence-corrected chi connectivity index (χ2v) is 9.43. The number of aromatic nitrogens is 1. The summed E-state index contributed by atoms with van der Waals surface area (Å²) in [5.41, 5.74) is 0.835. The molecule has 5 nitrogen and oxygen atoms in total. The highest BCUT2D eigenvalue weighted by molar-refractivity contribution is 7.93. The second kappa shape index (κ2) is 7.13. The lowest BCUT2D eigenvalue weighted by Crippen LogP contribution is -2.17. The summed E-state index contributed by atoms with van der Waals surface area (Å²) in [5.74, 6) is -0.432. The predicted octanol–water partition coefficient (Wildman–Crippen LogP) is 5.19.